The van der Waals surface area contributed by atoms with Crippen LogP contribution in [0.4, 0.5) is 11.4 Å². The molecule has 7 nitrogen and oxygen atoms in total. The molecular formula is C25H20Cl2N2O5. The smallest absolute Gasteiger partial charge is 0.266 e. The number of phenolic OH excluding ortho intramolecular Hbond substituents is 1. The van der Waals surface area contributed by atoms with Gasteiger partial charge >= 0.3 is 0 Å². The Balaban J connectivity index is 1.58. The third kappa shape index (κ3) is 3.66. The monoisotopic (exact) mass is 498 g/mol. The second-order valence-corrected chi connectivity index (χ2v) is 8.77. The predicted molar refractivity (Wildman–Crippen MR) is 128 cm³/mol. The van der Waals surface area contributed by atoms with Crippen LogP contribution in [0.1, 0.15) is 18.5 Å². The van der Waals surface area contributed by atoms with Crippen LogP contribution in [0.25, 0.3) is 0 Å². The Kier molecular flexibility index (Phi) is 5.85. The van der Waals surface area contributed by atoms with Gasteiger partial charge in [0.05, 0.1) is 29.0 Å². The van der Waals surface area contributed by atoms with Crippen molar-refractivity contribution < 1.29 is 24.3 Å². The summed E-state index contributed by atoms with van der Waals surface area (Å²) in [7, 11) is 0. The molecule has 3 aromatic rings. The van der Waals surface area contributed by atoms with E-state index in [1.807, 2.05) is 25.1 Å². The number of fused-ring (bicyclic) bond motifs is 1. The second kappa shape index (κ2) is 8.83. The molecule has 0 bridgehead atoms. The molecule has 0 saturated carbocycles. The molecule has 5 rings (SSSR count). The molecule has 1 N–H and O–H groups in total. The van der Waals surface area contributed by atoms with E-state index in [2.05, 4.69) is 0 Å². The number of nitrogens with zero attached hydrogens (tertiary/aromatic N) is 2. The molecule has 9 heteroatoms. The highest BCUT2D eigenvalue weighted by atomic mass is 35.5. The van der Waals surface area contributed by atoms with Crippen LogP contribution in [-0.4, -0.2) is 29.6 Å². The van der Waals surface area contributed by atoms with E-state index in [1.54, 1.807) is 36.4 Å². The Morgan fingerprint density at radius 1 is 0.971 bits per heavy atom. The van der Waals surface area contributed by atoms with Crippen LogP contribution < -0.4 is 14.7 Å². The molecule has 34 heavy (non-hydrogen) atoms. The number of amides is 2. The molecule has 2 amide bonds. The molecule has 2 aliphatic heterocycles. The number of hydrogen-bond donors (Lipinski definition) is 1. The lowest BCUT2D eigenvalue weighted by Crippen LogP contribution is -2.37. The molecule has 0 radical (unpaired) electrons. The van der Waals surface area contributed by atoms with E-state index in [4.69, 9.17) is 32.8 Å². The quantitative estimate of drug-likeness (QED) is 0.490. The lowest BCUT2D eigenvalue weighted by Gasteiger charge is -2.29. The number of aromatic hydroxyl groups is 1. The van der Waals surface area contributed by atoms with Crippen molar-refractivity contribution in [3.05, 3.63) is 82.3 Å². The number of imide groups is 1. The highest BCUT2D eigenvalue weighted by molar-refractivity contribution is 6.35. The molecule has 2 aliphatic rings. The van der Waals surface area contributed by atoms with Crippen LogP contribution in [0, 0.1) is 5.92 Å². The van der Waals surface area contributed by atoms with Gasteiger partial charge < -0.3 is 9.84 Å². The predicted octanol–water partition coefficient (Wildman–Crippen LogP) is 5.15. The Bertz CT molecular complexity index is 1250. The van der Waals surface area contributed by atoms with Crippen LogP contribution in [0.15, 0.2) is 66.7 Å². The number of carbonyl (C=O) groups is 2. The first kappa shape index (κ1) is 22.5. The van der Waals surface area contributed by atoms with Gasteiger partial charge in [-0.15, -0.1) is 0 Å². The number of ether oxygens (including phenoxy) is 1. The number of rotatable bonds is 5. The Morgan fingerprint density at radius 3 is 2.35 bits per heavy atom. The second-order valence-electron chi connectivity index (χ2n) is 7.92. The minimum Gasteiger partial charge on any atom is -0.506 e. The fourth-order valence-electron chi connectivity index (χ4n) is 4.45. The third-order valence-corrected chi connectivity index (χ3v) is 6.41. The van der Waals surface area contributed by atoms with Crippen LogP contribution in [-0.2, 0) is 14.4 Å². The number of phenols is 1. The van der Waals surface area contributed by atoms with Crippen molar-refractivity contribution in [2.75, 3.05) is 16.6 Å². The zero-order valence-electron chi connectivity index (χ0n) is 18.0. The summed E-state index contributed by atoms with van der Waals surface area (Å²) < 4.78 is 5.45. The first-order chi connectivity index (χ1) is 16.4. The number of hydrogen-bond acceptors (Lipinski definition) is 6. The van der Waals surface area contributed by atoms with Crippen molar-refractivity contribution in [2.45, 2.75) is 19.1 Å². The van der Waals surface area contributed by atoms with E-state index in [-0.39, 0.29) is 15.8 Å². The average molecular weight is 499 g/mol. The van der Waals surface area contributed by atoms with Gasteiger partial charge in [-0.3, -0.25) is 14.4 Å². The number of benzene rings is 3. The van der Waals surface area contributed by atoms with Crippen LogP contribution in [0.3, 0.4) is 0 Å². The number of para-hydroxylation sites is 1. The molecule has 0 aromatic heterocycles. The van der Waals surface area contributed by atoms with E-state index >= 15 is 0 Å². The standard InChI is InChI=1S/C25H20Cl2N2O5/c1-2-33-17-10-8-15(9-11-17)28-24(31)20-21(18-12-14(26)13-19(27)22(18)30)29(34-23(20)25(28)32)16-6-4-3-5-7-16/h3-13,20-21,23,30H,2H2,1H3/t20-,21+,23+/m1/s1. The largest absolute Gasteiger partial charge is 0.506 e. The van der Waals surface area contributed by atoms with Gasteiger partial charge in [0.2, 0.25) is 5.91 Å². The molecule has 0 spiro atoms. The van der Waals surface area contributed by atoms with E-state index < -0.39 is 29.9 Å². The summed E-state index contributed by atoms with van der Waals surface area (Å²) in [5.74, 6) is -1.46. The molecule has 174 valence electrons. The normalized spacial score (nSPS) is 21.8. The minimum atomic E-state index is -1.08. The fourth-order valence-corrected chi connectivity index (χ4v) is 4.96. The van der Waals surface area contributed by atoms with Gasteiger partial charge in [0.15, 0.2) is 6.10 Å². The van der Waals surface area contributed by atoms with Crippen molar-refractivity contribution in [3.63, 3.8) is 0 Å². The highest BCUT2D eigenvalue weighted by Crippen LogP contribution is 2.51. The maximum Gasteiger partial charge on any atom is 0.266 e. The summed E-state index contributed by atoms with van der Waals surface area (Å²) in [4.78, 5) is 34.2. The maximum absolute atomic E-state index is 13.7. The van der Waals surface area contributed by atoms with Crippen molar-refractivity contribution >= 4 is 46.4 Å². The third-order valence-electron chi connectivity index (χ3n) is 5.91. The minimum absolute atomic E-state index is 0.0408. The van der Waals surface area contributed by atoms with Crippen LogP contribution >= 0.6 is 23.2 Å². The van der Waals surface area contributed by atoms with Gasteiger partial charge in [0.25, 0.3) is 5.91 Å². The SMILES string of the molecule is CCOc1ccc(N2C(=O)[C@H]3[C@H](ON(c4ccccc4)[C@H]3c3cc(Cl)cc(Cl)c3O)C2=O)cc1. The number of anilines is 2. The molecular weight excluding hydrogens is 479 g/mol. The van der Waals surface area contributed by atoms with Gasteiger partial charge in [0, 0.05) is 10.6 Å². The zero-order chi connectivity index (χ0) is 24.0. The molecule has 3 aromatic carbocycles. The average Bonchev–Trinajstić information content (AvgIpc) is 3.34. The maximum atomic E-state index is 13.7. The Hall–Kier alpha value is -3.26. The molecule has 2 saturated heterocycles. The summed E-state index contributed by atoms with van der Waals surface area (Å²) in [5, 5.41) is 12.6. The molecule has 0 unspecified atom stereocenters. The van der Waals surface area contributed by atoms with Gasteiger partial charge in [0.1, 0.15) is 17.4 Å². The summed E-state index contributed by atoms with van der Waals surface area (Å²) >= 11 is 12.4. The zero-order valence-corrected chi connectivity index (χ0v) is 19.5. The first-order valence-electron chi connectivity index (χ1n) is 10.7. The molecule has 3 atom stereocenters. The van der Waals surface area contributed by atoms with E-state index in [9.17, 15) is 14.7 Å². The van der Waals surface area contributed by atoms with E-state index in [0.717, 1.165) is 4.90 Å². The summed E-state index contributed by atoms with van der Waals surface area (Å²) in [5.41, 5.74) is 1.32. The van der Waals surface area contributed by atoms with Gasteiger partial charge in [-0.25, -0.2) is 9.96 Å². The highest BCUT2D eigenvalue weighted by Gasteiger charge is 2.60. The van der Waals surface area contributed by atoms with Crippen molar-refractivity contribution in [3.8, 4) is 11.5 Å². The number of hydroxylamine groups is 1. The number of carbonyl (C=O) groups excluding carboxylic acids is 2. The summed E-state index contributed by atoms with van der Waals surface area (Å²) in [6, 6.07) is 17.8. The molecule has 0 aliphatic carbocycles. The molecule has 2 fully saturated rings. The lowest BCUT2D eigenvalue weighted by molar-refractivity contribution is -0.126. The van der Waals surface area contributed by atoms with Crippen molar-refractivity contribution in [2.24, 2.45) is 5.92 Å². The Morgan fingerprint density at radius 2 is 1.68 bits per heavy atom. The summed E-state index contributed by atoms with van der Waals surface area (Å²) in [6.07, 6.45) is -1.08. The van der Waals surface area contributed by atoms with Gasteiger partial charge in [-0.05, 0) is 55.5 Å². The van der Waals surface area contributed by atoms with Crippen molar-refractivity contribution in [1.82, 2.24) is 0 Å². The van der Waals surface area contributed by atoms with Crippen molar-refractivity contribution in [1.29, 1.82) is 0 Å². The fraction of sp³-hybridized carbons (Fsp3) is 0.200. The van der Waals surface area contributed by atoms with Crippen LogP contribution in [0.2, 0.25) is 10.0 Å². The van der Waals surface area contributed by atoms with E-state index in [0.29, 0.717) is 29.3 Å². The lowest BCUT2D eigenvalue weighted by atomic mass is 9.90. The van der Waals surface area contributed by atoms with E-state index in [1.165, 1.54) is 17.2 Å². The van der Waals surface area contributed by atoms with Gasteiger partial charge in [-0.2, -0.15) is 0 Å². The molecule has 2 heterocycles. The Labute approximate surface area is 206 Å². The summed E-state index contributed by atoms with van der Waals surface area (Å²) in [6.45, 7) is 2.37. The first-order valence-corrected chi connectivity index (χ1v) is 11.5. The number of halogens is 2. The van der Waals surface area contributed by atoms with Crippen LogP contribution in [0.5, 0.6) is 11.5 Å². The topological polar surface area (TPSA) is 79.3 Å². The van der Waals surface area contributed by atoms with Gasteiger partial charge in [-0.1, -0.05) is 41.4 Å².